The van der Waals surface area contributed by atoms with E-state index in [9.17, 15) is 23.3 Å². The summed E-state index contributed by atoms with van der Waals surface area (Å²) in [6.07, 6.45) is -2.38. The first-order chi connectivity index (χ1) is 12.2. The molecular weight excluding hydrogens is 355 g/mol. The zero-order chi connectivity index (χ0) is 19.3. The van der Waals surface area contributed by atoms with Crippen LogP contribution in [0.15, 0.2) is 12.1 Å². The van der Waals surface area contributed by atoms with Crippen LogP contribution in [0.5, 0.6) is 11.5 Å². The van der Waals surface area contributed by atoms with Crippen LogP contribution in [-0.4, -0.2) is 55.9 Å². The average Bonchev–Trinajstić information content (AvgIpc) is 2.97. The molecule has 0 radical (unpaired) electrons. The molecule has 1 aromatic rings. The van der Waals surface area contributed by atoms with Crippen LogP contribution in [-0.2, 0) is 6.54 Å². The van der Waals surface area contributed by atoms with Gasteiger partial charge in [-0.1, -0.05) is 0 Å². The number of methoxy groups -OCH3 is 1. The minimum Gasteiger partial charge on any atom is -0.493 e. The van der Waals surface area contributed by atoms with Gasteiger partial charge >= 0.3 is 6.18 Å². The third-order valence-electron chi connectivity index (χ3n) is 4.32. The number of nitro benzene ring substituents is 1. The van der Waals surface area contributed by atoms with Crippen molar-refractivity contribution >= 4 is 5.69 Å². The third kappa shape index (κ3) is 5.46. The summed E-state index contributed by atoms with van der Waals surface area (Å²) in [6, 6.07) is 2.68. The number of nitrogens with zero attached hydrogens (tertiary/aromatic N) is 2. The van der Waals surface area contributed by atoms with E-state index in [1.165, 1.54) is 13.2 Å². The Balaban J connectivity index is 2.12. The highest BCUT2D eigenvalue weighted by molar-refractivity contribution is 5.54. The summed E-state index contributed by atoms with van der Waals surface area (Å²) in [4.78, 5) is 12.9. The zero-order valence-corrected chi connectivity index (χ0v) is 14.6. The van der Waals surface area contributed by atoms with Gasteiger partial charge in [0.25, 0.3) is 5.69 Å². The van der Waals surface area contributed by atoms with Crippen molar-refractivity contribution in [2.24, 2.45) is 0 Å². The fourth-order valence-corrected chi connectivity index (χ4v) is 2.95. The average molecular weight is 377 g/mol. The van der Waals surface area contributed by atoms with Gasteiger partial charge in [-0.3, -0.25) is 10.1 Å². The van der Waals surface area contributed by atoms with Crippen LogP contribution in [0.4, 0.5) is 18.9 Å². The number of likely N-dealkylation sites (N-methyl/N-ethyl adjacent to an activating group) is 1. The van der Waals surface area contributed by atoms with Gasteiger partial charge in [0.05, 0.1) is 18.1 Å². The number of benzene rings is 1. The van der Waals surface area contributed by atoms with Crippen molar-refractivity contribution in [2.45, 2.75) is 31.6 Å². The zero-order valence-electron chi connectivity index (χ0n) is 14.6. The maximum Gasteiger partial charge on any atom is 0.422 e. The molecule has 0 saturated carbocycles. The molecule has 10 heteroatoms. The van der Waals surface area contributed by atoms with Crippen LogP contribution in [0, 0.1) is 10.1 Å². The molecule has 0 bridgehead atoms. The molecule has 1 aliphatic rings. The summed E-state index contributed by atoms with van der Waals surface area (Å²) in [6.45, 7) is 0.344. The maximum atomic E-state index is 12.3. The molecule has 0 spiro atoms. The number of likely N-dealkylation sites (tertiary alicyclic amines) is 1. The lowest BCUT2D eigenvalue weighted by Gasteiger charge is -2.20. The first-order valence-corrected chi connectivity index (χ1v) is 8.17. The Morgan fingerprint density at radius 2 is 2.12 bits per heavy atom. The highest BCUT2D eigenvalue weighted by atomic mass is 19.4. The molecule has 26 heavy (non-hydrogen) atoms. The molecule has 7 nitrogen and oxygen atoms in total. The van der Waals surface area contributed by atoms with E-state index in [1.807, 2.05) is 7.05 Å². The lowest BCUT2D eigenvalue weighted by molar-refractivity contribution is -0.385. The van der Waals surface area contributed by atoms with Crippen LogP contribution in [0.1, 0.15) is 18.4 Å². The van der Waals surface area contributed by atoms with Crippen molar-refractivity contribution in [3.05, 3.63) is 27.8 Å². The number of nitro groups is 1. The second kappa shape index (κ2) is 8.54. The van der Waals surface area contributed by atoms with Gasteiger partial charge in [0.15, 0.2) is 18.1 Å². The van der Waals surface area contributed by atoms with Gasteiger partial charge in [0.1, 0.15) is 0 Å². The SMILES string of the molecule is COc1cc(CNCC2CCCN2C)c([N+](=O)[O-])cc1OCC(F)(F)F. The minimum atomic E-state index is -4.55. The monoisotopic (exact) mass is 377 g/mol. The Kier molecular flexibility index (Phi) is 6.65. The van der Waals surface area contributed by atoms with Gasteiger partial charge in [-0.05, 0) is 32.5 Å². The van der Waals surface area contributed by atoms with Gasteiger partial charge in [0, 0.05) is 24.7 Å². The minimum absolute atomic E-state index is 0.0228. The largest absolute Gasteiger partial charge is 0.493 e. The summed E-state index contributed by atoms with van der Waals surface area (Å²) >= 11 is 0. The summed E-state index contributed by atoms with van der Waals surface area (Å²) in [5.41, 5.74) is 0.0158. The van der Waals surface area contributed by atoms with Crippen molar-refractivity contribution in [3.63, 3.8) is 0 Å². The van der Waals surface area contributed by atoms with E-state index >= 15 is 0 Å². The smallest absolute Gasteiger partial charge is 0.422 e. The molecule has 1 unspecified atom stereocenters. The van der Waals surface area contributed by atoms with Crippen molar-refractivity contribution < 1.29 is 27.6 Å². The van der Waals surface area contributed by atoms with Gasteiger partial charge in [-0.2, -0.15) is 13.2 Å². The molecule has 1 atom stereocenters. The number of hydrogen-bond donors (Lipinski definition) is 1. The van der Waals surface area contributed by atoms with E-state index in [0.717, 1.165) is 25.5 Å². The van der Waals surface area contributed by atoms with E-state index in [2.05, 4.69) is 15.0 Å². The first kappa shape index (κ1) is 20.2. The van der Waals surface area contributed by atoms with E-state index < -0.39 is 17.7 Å². The Bertz CT molecular complexity index is 640. The fourth-order valence-electron chi connectivity index (χ4n) is 2.95. The van der Waals surface area contributed by atoms with Crippen molar-refractivity contribution in [3.8, 4) is 11.5 Å². The summed E-state index contributed by atoms with van der Waals surface area (Å²) < 4.78 is 46.7. The quantitative estimate of drug-likeness (QED) is 0.555. The third-order valence-corrected chi connectivity index (χ3v) is 4.32. The molecule has 1 heterocycles. The fraction of sp³-hybridized carbons (Fsp3) is 0.625. The van der Waals surface area contributed by atoms with Gasteiger partial charge in [-0.25, -0.2) is 0 Å². The molecule has 0 aliphatic carbocycles. The van der Waals surface area contributed by atoms with Crippen molar-refractivity contribution in [1.29, 1.82) is 0 Å². The van der Waals surface area contributed by atoms with Gasteiger partial charge in [-0.15, -0.1) is 0 Å². The van der Waals surface area contributed by atoms with E-state index in [-0.39, 0.29) is 23.7 Å². The molecule has 0 aromatic heterocycles. The number of halogens is 3. The van der Waals surface area contributed by atoms with Crippen LogP contribution >= 0.6 is 0 Å². The Labute approximate surface area is 149 Å². The highest BCUT2D eigenvalue weighted by Gasteiger charge is 2.30. The molecule has 2 rings (SSSR count). The predicted octanol–water partition coefficient (Wildman–Crippen LogP) is 2.73. The number of rotatable bonds is 8. The van der Waals surface area contributed by atoms with E-state index in [1.54, 1.807) is 0 Å². The number of nitrogens with one attached hydrogen (secondary N) is 1. The second-order valence-electron chi connectivity index (χ2n) is 6.20. The van der Waals surface area contributed by atoms with Gasteiger partial charge in [0.2, 0.25) is 0 Å². The summed E-state index contributed by atoms with van der Waals surface area (Å²) in [5, 5.41) is 14.5. The molecule has 0 amide bonds. The normalized spacial score (nSPS) is 18.1. The van der Waals surface area contributed by atoms with E-state index in [4.69, 9.17) is 4.74 Å². The van der Waals surface area contributed by atoms with Gasteiger partial charge < -0.3 is 19.7 Å². The van der Waals surface area contributed by atoms with Crippen molar-refractivity contribution in [2.75, 3.05) is 33.9 Å². The van der Waals surface area contributed by atoms with Crippen LogP contribution in [0.2, 0.25) is 0 Å². The number of hydrogen-bond acceptors (Lipinski definition) is 6. The second-order valence-corrected chi connectivity index (χ2v) is 6.20. The standard InChI is InChI=1S/C16H22F3N3O4/c1-21-5-3-4-12(21)9-20-8-11-6-14(25-2)15(7-13(11)22(23)24)26-10-16(17,18)19/h6-7,12,20H,3-5,8-10H2,1-2H3. The maximum absolute atomic E-state index is 12.3. The molecular formula is C16H22F3N3O4. The molecule has 1 saturated heterocycles. The van der Waals surface area contributed by atoms with Crippen LogP contribution in [0.25, 0.3) is 0 Å². The number of alkyl halides is 3. The summed E-state index contributed by atoms with van der Waals surface area (Å²) in [5.74, 6) is -0.287. The lowest BCUT2D eigenvalue weighted by atomic mass is 10.1. The summed E-state index contributed by atoms with van der Waals surface area (Å²) in [7, 11) is 3.30. The molecule has 146 valence electrons. The van der Waals surface area contributed by atoms with Crippen molar-refractivity contribution in [1.82, 2.24) is 10.2 Å². The topological polar surface area (TPSA) is 76.9 Å². The molecule has 1 aromatic carbocycles. The Morgan fingerprint density at radius 1 is 1.38 bits per heavy atom. The van der Waals surface area contributed by atoms with Crippen LogP contribution < -0.4 is 14.8 Å². The molecule has 1 aliphatic heterocycles. The Hall–Kier alpha value is -2.07. The van der Waals surface area contributed by atoms with Crippen LogP contribution in [0.3, 0.4) is 0 Å². The Morgan fingerprint density at radius 3 is 2.65 bits per heavy atom. The first-order valence-electron chi connectivity index (χ1n) is 8.17. The predicted molar refractivity (Wildman–Crippen MR) is 88.6 cm³/mol. The lowest BCUT2D eigenvalue weighted by Crippen LogP contribution is -2.35. The molecule has 1 fully saturated rings. The number of ether oxygens (including phenoxy) is 2. The van der Waals surface area contributed by atoms with E-state index in [0.29, 0.717) is 18.2 Å². The molecule has 1 N–H and O–H groups in total. The highest BCUT2D eigenvalue weighted by Crippen LogP contribution is 2.35.